The van der Waals surface area contributed by atoms with Crippen LogP contribution in [0.4, 0.5) is 5.69 Å². The van der Waals surface area contributed by atoms with Gasteiger partial charge < -0.3 is 14.6 Å². The van der Waals surface area contributed by atoms with Gasteiger partial charge in [0.1, 0.15) is 5.75 Å². The molecule has 0 saturated heterocycles. The van der Waals surface area contributed by atoms with E-state index < -0.39 is 0 Å². The maximum Gasteiger partial charge on any atom is 0.262 e. The first-order valence-electron chi connectivity index (χ1n) is 9.93. The van der Waals surface area contributed by atoms with Crippen molar-refractivity contribution < 1.29 is 14.3 Å². The molecule has 0 spiro atoms. The zero-order valence-corrected chi connectivity index (χ0v) is 19.7. The minimum Gasteiger partial charge on any atom is -0.482 e. The summed E-state index contributed by atoms with van der Waals surface area (Å²) in [6.45, 7) is 4.83. The number of fused-ring (bicyclic) bond motifs is 1. The zero-order chi connectivity index (χ0) is 22.8. The number of nitrogens with one attached hydrogen (secondary N) is 1. The number of Topliss-reactive ketones (excluding diaryl/α,β-unsaturated/α-hetero) is 1. The highest BCUT2D eigenvalue weighted by Gasteiger charge is 2.21. The molecule has 2 aromatic carbocycles. The number of carbonyl (C=O) groups is 2. The topological polar surface area (TPSA) is 86.1 Å². The minimum absolute atomic E-state index is 0.0262. The van der Waals surface area contributed by atoms with Gasteiger partial charge in [0.2, 0.25) is 0 Å². The summed E-state index contributed by atoms with van der Waals surface area (Å²) in [5, 5.41) is 13.0. The summed E-state index contributed by atoms with van der Waals surface area (Å²) in [5.74, 6) is 1.33. The molecule has 0 bridgehead atoms. The third-order valence-corrected chi connectivity index (χ3v) is 6.22. The predicted octanol–water partition coefficient (Wildman–Crippen LogP) is 5.21. The number of hydrogen-bond donors (Lipinski definition) is 1. The van der Waals surface area contributed by atoms with Gasteiger partial charge in [0.15, 0.2) is 23.4 Å². The molecule has 1 N–H and O–H groups in total. The van der Waals surface area contributed by atoms with Gasteiger partial charge in [-0.3, -0.25) is 9.59 Å². The van der Waals surface area contributed by atoms with Crippen molar-refractivity contribution in [2.24, 2.45) is 5.92 Å². The van der Waals surface area contributed by atoms with E-state index in [0.29, 0.717) is 50.5 Å². The molecule has 1 amide bonds. The van der Waals surface area contributed by atoms with Crippen molar-refractivity contribution in [3.05, 3.63) is 52.0 Å². The fraction of sp³-hybridized carbons (Fsp3) is 0.273. The Kier molecular flexibility index (Phi) is 6.74. The lowest BCUT2D eigenvalue weighted by molar-refractivity contribution is -0.118. The first-order chi connectivity index (χ1) is 15.3. The van der Waals surface area contributed by atoms with Gasteiger partial charge in [-0.05, 0) is 42.3 Å². The number of halogens is 2. The van der Waals surface area contributed by atoms with Crippen molar-refractivity contribution in [2.45, 2.75) is 25.5 Å². The SMILES string of the molecule is CC(C)Cn1c(SCC(=O)c2ccc3c(c2)NC(=O)CO3)nnc1-c1ccc(Cl)cc1Cl. The zero-order valence-electron chi connectivity index (χ0n) is 17.4. The number of anilines is 1. The molecule has 32 heavy (non-hydrogen) atoms. The normalized spacial score (nSPS) is 13.0. The van der Waals surface area contributed by atoms with Gasteiger partial charge >= 0.3 is 0 Å². The Morgan fingerprint density at radius 3 is 2.78 bits per heavy atom. The number of carbonyl (C=O) groups excluding carboxylic acids is 2. The molecular weight excluding hydrogens is 471 g/mol. The number of benzene rings is 2. The molecule has 0 radical (unpaired) electrons. The van der Waals surface area contributed by atoms with Gasteiger partial charge in [-0.1, -0.05) is 48.8 Å². The smallest absolute Gasteiger partial charge is 0.262 e. The lowest BCUT2D eigenvalue weighted by atomic mass is 10.1. The standard InChI is InChI=1S/C22H20Cl2N4O3S/c1-12(2)9-28-21(15-5-4-14(23)8-16(15)24)26-27-22(28)32-11-18(29)13-3-6-19-17(7-13)25-20(30)10-31-19/h3-8,12H,9-11H2,1-2H3,(H,25,30). The summed E-state index contributed by atoms with van der Waals surface area (Å²) >= 11 is 13.7. The molecule has 0 atom stereocenters. The number of amides is 1. The molecule has 0 aliphatic carbocycles. The van der Waals surface area contributed by atoms with Gasteiger partial charge in [0.25, 0.3) is 5.91 Å². The maximum absolute atomic E-state index is 12.8. The number of rotatable bonds is 7. The van der Waals surface area contributed by atoms with E-state index in [-0.39, 0.29) is 24.1 Å². The number of hydrogen-bond acceptors (Lipinski definition) is 6. The van der Waals surface area contributed by atoms with Crippen LogP contribution in [0.2, 0.25) is 10.0 Å². The van der Waals surface area contributed by atoms with Crippen molar-refractivity contribution in [3.63, 3.8) is 0 Å². The highest BCUT2D eigenvalue weighted by Crippen LogP contribution is 2.33. The van der Waals surface area contributed by atoms with Gasteiger partial charge in [-0.25, -0.2) is 0 Å². The van der Waals surface area contributed by atoms with Crippen LogP contribution in [0, 0.1) is 5.92 Å². The highest BCUT2D eigenvalue weighted by atomic mass is 35.5. The Morgan fingerprint density at radius 1 is 1.22 bits per heavy atom. The second-order valence-electron chi connectivity index (χ2n) is 7.69. The molecule has 3 aromatic rings. The maximum atomic E-state index is 12.8. The van der Waals surface area contributed by atoms with Crippen molar-refractivity contribution in [2.75, 3.05) is 17.7 Å². The lowest BCUT2D eigenvalue weighted by Gasteiger charge is -2.18. The minimum atomic E-state index is -0.244. The largest absolute Gasteiger partial charge is 0.482 e. The summed E-state index contributed by atoms with van der Waals surface area (Å²) < 4.78 is 7.32. The molecule has 1 aromatic heterocycles. The number of aromatic nitrogens is 3. The van der Waals surface area contributed by atoms with E-state index in [4.69, 9.17) is 27.9 Å². The molecule has 0 unspecified atom stereocenters. The molecule has 2 heterocycles. The fourth-order valence-corrected chi connectivity index (χ4v) is 4.60. The average molecular weight is 491 g/mol. The molecule has 10 heteroatoms. The number of nitrogens with zero attached hydrogens (tertiary/aromatic N) is 3. The second kappa shape index (κ2) is 9.52. The van der Waals surface area contributed by atoms with Crippen LogP contribution in [0.25, 0.3) is 11.4 Å². The van der Waals surface area contributed by atoms with Crippen LogP contribution < -0.4 is 10.1 Å². The Labute approximate surface area is 199 Å². The predicted molar refractivity (Wildman–Crippen MR) is 126 cm³/mol. The van der Waals surface area contributed by atoms with Crippen LogP contribution in [-0.2, 0) is 11.3 Å². The lowest BCUT2D eigenvalue weighted by Crippen LogP contribution is -2.25. The van der Waals surface area contributed by atoms with Crippen LogP contribution in [0.1, 0.15) is 24.2 Å². The van der Waals surface area contributed by atoms with Crippen LogP contribution in [0.3, 0.4) is 0 Å². The number of ketones is 1. The summed E-state index contributed by atoms with van der Waals surface area (Å²) in [6.07, 6.45) is 0. The first-order valence-corrected chi connectivity index (χ1v) is 11.7. The van der Waals surface area contributed by atoms with E-state index >= 15 is 0 Å². The van der Waals surface area contributed by atoms with E-state index in [1.54, 1.807) is 30.3 Å². The molecule has 0 saturated carbocycles. The molecule has 1 aliphatic rings. The van der Waals surface area contributed by atoms with Crippen LogP contribution in [0.5, 0.6) is 5.75 Å². The summed E-state index contributed by atoms with van der Waals surface area (Å²) in [5.41, 5.74) is 1.71. The Morgan fingerprint density at radius 2 is 2.03 bits per heavy atom. The van der Waals surface area contributed by atoms with Crippen LogP contribution in [0.15, 0.2) is 41.6 Å². The van der Waals surface area contributed by atoms with Crippen LogP contribution in [-0.4, -0.2) is 38.8 Å². The van der Waals surface area contributed by atoms with Crippen molar-refractivity contribution in [1.29, 1.82) is 0 Å². The van der Waals surface area contributed by atoms with Gasteiger partial charge in [-0.15, -0.1) is 10.2 Å². The third kappa shape index (κ3) is 4.92. The number of ether oxygens (including phenoxy) is 1. The molecule has 1 aliphatic heterocycles. The summed E-state index contributed by atoms with van der Waals surface area (Å²) in [7, 11) is 0. The molecule has 0 fully saturated rings. The average Bonchev–Trinajstić information content (AvgIpc) is 3.13. The van der Waals surface area contributed by atoms with E-state index in [9.17, 15) is 9.59 Å². The van der Waals surface area contributed by atoms with Gasteiger partial charge in [0, 0.05) is 22.7 Å². The van der Waals surface area contributed by atoms with E-state index in [1.165, 1.54) is 11.8 Å². The van der Waals surface area contributed by atoms with E-state index in [1.807, 2.05) is 10.6 Å². The highest BCUT2D eigenvalue weighted by molar-refractivity contribution is 7.99. The van der Waals surface area contributed by atoms with Crippen molar-refractivity contribution in [3.8, 4) is 17.1 Å². The second-order valence-corrected chi connectivity index (χ2v) is 9.48. The summed E-state index contributed by atoms with van der Waals surface area (Å²) in [4.78, 5) is 24.4. The quantitative estimate of drug-likeness (QED) is 0.361. The monoisotopic (exact) mass is 490 g/mol. The molecule has 4 rings (SSSR count). The first kappa shape index (κ1) is 22.6. The van der Waals surface area contributed by atoms with Gasteiger partial charge in [-0.2, -0.15) is 0 Å². The van der Waals surface area contributed by atoms with Crippen LogP contribution >= 0.6 is 35.0 Å². The Hall–Kier alpha value is -2.55. The van der Waals surface area contributed by atoms with Gasteiger partial charge in [0.05, 0.1) is 16.5 Å². The van der Waals surface area contributed by atoms with Crippen molar-refractivity contribution in [1.82, 2.24) is 14.8 Å². The molecular formula is C22H20Cl2N4O3S. The Bertz CT molecular complexity index is 1200. The molecule has 7 nitrogen and oxygen atoms in total. The third-order valence-electron chi connectivity index (χ3n) is 4.70. The van der Waals surface area contributed by atoms with E-state index in [2.05, 4.69) is 29.4 Å². The number of thioether (sulfide) groups is 1. The fourth-order valence-electron chi connectivity index (χ4n) is 3.27. The van der Waals surface area contributed by atoms with Crippen molar-refractivity contribution >= 4 is 52.3 Å². The Balaban J connectivity index is 1.55. The van der Waals surface area contributed by atoms with E-state index in [0.717, 1.165) is 5.56 Å². The molecule has 166 valence electrons. The summed E-state index contributed by atoms with van der Waals surface area (Å²) in [6, 6.07) is 10.3.